The molecule has 0 aromatic heterocycles. The van der Waals surface area contributed by atoms with E-state index in [1.54, 1.807) is 0 Å². The number of nitrogens with zero attached hydrogens (tertiary/aromatic N) is 2. The second-order valence-corrected chi connectivity index (χ2v) is 7.25. The van der Waals surface area contributed by atoms with E-state index in [1.165, 1.54) is 12.8 Å². The van der Waals surface area contributed by atoms with Crippen LogP contribution in [0.15, 0.2) is 0 Å². The molecule has 1 N–H and O–H groups in total. The summed E-state index contributed by atoms with van der Waals surface area (Å²) in [6.07, 6.45) is 5.10. The van der Waals surface area contributed by atoms with Crippen LogP contribution in [0, 0.1) is 5.92 Å². The Balaban J connectivity index is 1.70. The van der Waals surface area contributed by atoms with Gasteiger partial charge in [-0.25, -0.2) is 0 Å². The lowest BCUT2D eigenvalue weighted by Crippen LogP contribution is -2.45. The Kier molecular flexibility index (Phi) is 6.93. The second kappa shape index (κ2) is 8.47. The van der Waals surface area contributed by atoms with E-state index in [-0.39, 0.29) is 12.7 Å². The van der Waals surface area contributed by atoms with E-state index in [9.17, 15) is 5.11 Å². The number of aliphatic hydroxyl groups is 1. The maximum absolute atomic E-state index is 9.62. The zero-order valence-electron chi connectivity index (χ0n) is 14.1. The van der Waals surface area contributed by atoms with Crippen molar-refractivity contribution in [2.45, 2.75) is 64.7 Å². The van der Waals surface area contributed by atoms with Crippen molar-refractivity contribution in [3.05, 3.63) is 0 Å². The van der Waals surface area contributed by atoms with Gasteiger partial charge < -0.3 is 19.6 Å². The molecule has 0 saturated carbocycles. The molecule has 2 aliphatic heterocycles. The number of ether oxygens (including phenoxy) is 1. The Hall–Kier alpha value is -0.160. The van der Waals surface area contributed by atoms with Crippen LogP contribution < -0.4 is 0 Å². The molecule has 2 rings (SSSR count). The van der Waals surface area contributed by atoms with Gasteiger partial charge in [-0.05, 0) is 58.5 Å². The third kappa shape index (κ3) is 5.51. The number of aliphatic hydroxyl groups excluding tert-OH is 1. The van der Waals surface area contributed by atoms with E-state index < -0.39 is 0 Å². The van der Waals surface area contributed by atoms with Crippen LogP contribution in [0.25, 0.3) is 0 Å². The molecule has 0 spiro atoms. The fourth-order valence-corrected chi connectivity index (χ4v) is 3.48. The van der Waals surface area contributed by atoms with Crippen molar-refractivity contribution in [3.8, 4) is 0 Å². The van der Waals surface area contributed by atoms with Crippen molar-refractivity contribution >= 4 is 0 Å². The van der Waals surface area contributed by atoms with E-state index in [4.69, 9.17) is 4.74 Å². The summed E-state index contributed by atoms with van der Waals surface area (Å²) in [5.74, 6) is 0.857. The normalized spacial score (nSPS) is 25.6. The third-order valence-electron chi connectivity index (χ3n) is 5.13. The Bertz CT molecular complexity index is 283. The summed E-state index contributed by atoms with van der Waals surface area (Å²) in [7, 11) is 0. The minimum absolute atomic E-state index is 0.00555. The van der Waals surface area contributed by atoms with E-state index in [0.717, 1.165) is 51.5 Å². The molecule has 0 radical (unpaired) electrons. The average molecular weight is 298 g/mol. The lowest BCUT2D eigenvalue weighted by atomic mass is 9.99. The first-order chi connectivity index (χ1) is 10.1. The van der Waals surface area contributed by atoms with Crippen LogP contribution in [0.4, 0.5) is 0 Å². The molecule has 4 heteroatoms. The highest BCUT2D eigenvalue weighted by atomic mass is 16.5. The van der Waals surface area contributed by atoms with Crippen molar-refractivity contribution < 1.29 is 9.84 Å². The van der Waals surface area contributed by atoms with Crippen LogP contribution in [-0.4, -0.2) is 72.5 Å². The minimum atomic E-state index is -0.00555. The first-order valence-electron chi connectivity index (χ1n) is 8.81. The van der Waals surface area contributed by atoms with Crippen molar-refractivity contribution in [1.29, 1.82) is 0 Å². The van der Waals surface area contributed by atoms with Gasteiger partial charge >= 0.3 is 0 Å². The number of piperidine rings is 2. The molecule has 1 atom stereocenters. The monoisotopic (exact) mass is 298 g/mol. The summed E-state index contributed by atoms with van der Waals surface area (Å²) < 4.78 is 6.18. The molecule has 0 aliphatic carbocycles. The summed E-state index contributed by atoms with van der Waals surface area (Å²) >= 11 is 0. The van der Waals surface area contributed by atoms with Gasteiger partial charge in [0.1, 0.15) is 0 Å². The van der Waals surface area contributed by atoms with Crippen molar-refractivity contribution in [3.63, 3.8) is 0 Å². The Morgan fingerprint density at radius 3 is 2.19 bits per heavy atom. The topological polar surface area (TPSA) is 35.9 Å². The van der Waals surface area contributed by atoms with E-state index in [2.05, 4.69) is 30.6 Å². The second-order valence-electron chi connectivity index (χ2n) is 7.25. The molecule has 0 bridgehead atoms. The van der Waals surface area contributed by atoms with Crippen LogP contribution in [-0.2, 0) is 4.74 Å². The fraction of sp³-hybridized carbons (Fsp3) is 1.00. The quantitative estimate of drug-likeness (QED) is 0.813. The molecule has 124 valence electrons. The zero-order valence-corrected chi connectivity index (χ0v) is 14.1. The molecule has 21 heavy (non-hydrogen) atoms. The maximum Gasteiger partial charge on any atom is 0.0935 e. The van der Waals surface area contributed by atoms with E-state index in [1.807, 2.05) is 0 Å². The lowest BCUT2D eigenvalue weighted by molar-refractivity contribution is -0.0780. The third-order valence-corrected chi connectivity index (χ3v) is 5.13. The predicted octanol–water partition coefficient (Wildman–Crippen LogP) is 1.97. The first kappa shape index (κ1) is 17.2. The fourth-order valence-electron chi connectivity index (χ4n) is 3.48. The van der Waals surface area contributed by atoms with Gasteiger partial charge in [-0.2, -0.15) is 0 Å². The van der Waals surface area contributed by atoms with Gasteiger partial charge in [0.15, 0.2) is 0 Å². The molecule has 0 aromatic rings. The van der Waals surface area contributed by atoms with Crippen LogP contribution in [0.5, 0.6) is 0 Å². The average Bonchev–Trinajstić information content (AvgIpc) is 2.49. The molecule has 2 saturated heterocycles. The Labute approximate surface area is 130 Å². The van der Waals surface area contributed by atoms with Gasteiger partial charge in [0.2, 0.25) is 0 Å². The van der Waals surface area contributed by atoms with Crippen LogP contribution >= 0.6 is 0 Å². The highest BCUT2D eigenvalue weighted by Gasteiger charge is 2.25. The molecule has 4 nitrogen and oxygen atoms in total. The summed E-state index contributed by atoms with van der Waals surface area (Å²) in [6, 6.07) is 0.634. The molecule has 2 heterocycles. The molecule has 0 aromatic carbocycles. The van der Waals surface area contributed by atoms with E-state index >= 15 is 0 Å². The van der Waals surface area contributed by atoms with Gasteiger partial charge in [0.25, 0.3) is 0 Å². The summed E-state index contributed by atoms with van der Waals surface area (Å²) in [4.78, 5) is 4.98. The van der Waals surface area contributed by atoms with Crippen molar-refractivity contribution in [2.24, 2.45) is 5.92 Å². The number of rotatable bonds is 6. The molecular formula is C17H34N2O2. The number of hydrogen-bond acceptors (Lipinski definition) is 4. The lowest BCUT2D eigenvalue weighted by Gasteiger charge is -2.37. The molecule has 1 unspecified atom stereocenters. The molecule has 2 aliphatic rings. The number of likely N-dealkylation sites (tertiary alicyclic amines) is 2. The smallest absolute Gasteiger partial charge is 0.0935 e. The summed E-state index contributed by atoms with van der Waals surface area (Å²) in [5, 5.41) is 9.62. The number of hydrogen-bond donors (Lipinski definition) is 1. The summed E-state index contributed by atoms with van der Waals surface area (Å²) in [6.45, 7) is 12.5. The van der Waals surface area contributed by atoms with Gasteiger partial charge in [-0.3, -0.25) is 0 Å². The Morgan fingerprint density at radius 2 is 1.67 bits per heavy atom. The van der Waals surface area contributed by atoms with Crippen molar-refractivity contribution in [2.75, 3.05) is 39.3 Å². The van der Waals surface area contributed by atoms with Crippen LogP contribution in [0.1, 0.15) is 46.5 Å². The molecular weight excluding hydrogens is 264 g/mol. The van der Waals surface area contributed by atoms with E-state index in [0.29, 0.717) is 12.1 Å². The summed E-state index contributed by atoms with van der Waals surface area (Å²) in [5.41, 5.74) is 0. The largest absolute Gasteiger partial charge is 0.394 e. The predicted molar refractivity (Wildman–Crippen MR) is 86.5 cm³/mol. The van der Waals surface area contributed by atoms with Gasteiger partial charge in [-0.1, -0.05) is 6.92 Å². The zero-order chi connectivity index (χ0) is 15.2. The maximum atomic E-state index is 9.62. The van der Waals surface area contributed by atoms with Crippen molar-refractivity contribution in [1.82, 2.24) is 9.80 Å². The molecule has 2 fully saturated rings. The highest BCUT2D eigenvalue weighted by Crippen LogP contribution is 2.20. The SMILES string of the molecule is CC1CCN(CC(CO)OC2CCN(C(C)C)CC2)CC1. The standard InChI is InChI=1S/C17H34N2O2/c1-14(2)19-10-6-16(7-11-19)21-17(13-20)12-18-8-4-15(3)5-9-18/h14-17,20H,4-13H2,1-3H3. The van der Waals surface area contributed by atoms with Gasteiger partial charge in [0, 0.05) is 25.7 Å². The molecule has 0 amide bonds. The minimum Gasteiger partial charge on any atom is -0.394 e. The van der Waals surface area contributed by atoms with Gasteiger partial charge in [0.05, 0.1) is 18.8 Å². The first-order valence-corrected chi connectivity index (χ1v) is 8.81. The van der Waals surface area contributed by atoms with Gasteiger partial charge in [-0.15, -0.1) is 0 Å². The Morgan fingerprint density at radius 1 is 1.05 bits per heavy atom. The van der Waals surface area contributed by atoms with Crippen LogP contribution in [0.3, 0.4) is 0 Å². The highest BCUT2D eigenvalue weighted by molar-refractivity contribution is 4.78. The van der Waals surface area contributed by atoms with Crippen LogP contribution in [0.2, 0.25) is 0 Å².